The van der Waals surface area contributed by atoms with Crippen LogP contribution >= 0.6 is 23.1 Å². The van der Waals surface area contributed by atoms with Crippen LogP contribution in [0.1, 0.15) is 29.1 Å². The summed E-state index contributed by atoms with van der Waals surface area (Å²) < 4.78 is 6.35. The number of methoxy groups -OCH3 is 1. The van der Waals surface area contributed by atoms with E-state index in [9.17, 15) is 4.79 Å². The minimum Gasteiger partial charge on any atom is -0.496 e. The second-order valence-corrected chi connectivity index (χ2v) is 8.47. The smallest absolute Gasteiger partial charge is 0.280 e. The summed E-state index contributed by atoms with van der Waals surface area (Å²) in [4.78, 5) is 17.8. The van der Waals surface area contributed by atoms with Crippen molar-refractivity contribution < 1.29 is 9.53 Å². The van der Waals surface area contributed by atoms with E-state index >= 15 is 0 Å². The molecule has 1 aromatic carbocycles. The monoisotopic (exact) mass is 361 g/mol. The number of ether oxygens (including phenoxy) is 1. The number of carbonyl (C=O) groups excluding carboxylic acids is 1. The predicted molar refractivity (Wildman–Crippen MR) is 95.0 cm³/mol. The Kier molecular flexibility index (Phi) is 4.47. The van der Waals surface area contributed by atoms with E-state index in [2.05, 4.69) is 15.6 Å². The zero-order valence-electron chi connectivity index (χ0n) is 13.3. The van der Waals surface area contributed by atoms with Crippen molar-refractivity contribution in [1.82, 2.24) is 15.6 Å². The molecule has 2 aliphatic heterocycles. The van der Waals surface area contributed by atoms with E-state index < -0.39 is 0 Å². The van der Waals surface area contributed by atoms with Gasteiger partial charge in [-0.3, -0.25) is 4.79 Å². The Bertz CT molecular complexity index is 749. The summed E-state index contributed by atoms with van der Waals surface area (Å²) in [5.41, 5.74) is 0. The molecule has 0 radical (unpaired) electrons. The van der Waals surface area contributed by atoms with Crippen molar-refractivity contribution in [3.05, 3.63) is 35.5 Å². The lowest BCUT2D eigenvalue weighted by molar-refractivity contribution is 0.0930. The van der Waals surface area contributed by atoms with Crippen molar-refractivity contribution >= 4 is 29.0 Å². The van der Waals surface area contributed by atoms with E-state index in [1.165, 1.54) is 17.8 Å². The molecule has 1 amide bonds. The van der Waals surface area contributed by atoms with E-state index in [0.717, 1.165) is 27.7 Å². The molecule has 126 valence electrons. The van der Waals surface area contributed by atoms with Gasteiger partial charge in [0.05, 0.1) is 22.4 Å². The standard InChI is InChI=1S/C17H19N3O2S2/c1-22-13-4-2-3-5-14(13)23-15-9-18-17(24-15)16(21)20-12-8-10-6-7-11(12)19-10/h2-5,9-12,19H,6-8H2,1H3,(H,20,21). The summed E-state index contributed by atoms with van der Waals surface area (Å²) in [5, 5.41) is 7.20. The van der Waals surface area contributed by atoms with Gasteiger partial charge in [0, 0.05) is 18.1 Å². The Balaban J connectivity index is 1.42. The van der Waals surface area contributed by atoms with E-state index in [0.29, 0.717) is 17.1 Å². The van der Waals surface area contributed by atoms with Crippen molar-refractivity contribution in [3.8, 4) is 5.75 Å². The minimum atomic E-state index is -0.0637. The maximum atomic E-state index is 12.4. The summed E-state index contributed by atoms with van der Waals surface area (Å²) in [6.07, 6.45) is 5.18. The average Bonchev–Trinajstić information content (AvgIpc) is 3.32. The fraction of sp³-hybridized carbons (Fsp3) is 0.412. The fourth-order valence-corrected chi connectivity index (χ4v) is 5.38. The first-order valence-corrected chi connectivity index (χ1v) is 9.70. The molecular weight excluding hydrogens is 342 g/mol. The maximum Gasteiger partial charge on any atom is 0.280 e. The van der Waals surface area contributed by atoms with Gasteiger partial charge < -0.3 is 15.4 Å². The zero-order valence-corrected chi connectivity index (χ0v) is 15.0. The lowest BCUT2D eigenvalue weighted by atomic mass is 9.95. The normalized spacial score (nSPS) is 25.0. The Hall–Kier alpha value is -1.57. The van der Waals surface area contributed by atoms with Crippen LogP contribution < -0.4 is 15.4 Å². The van der Waals surface area contributed by atoms with Gasteiger partial charge in [0.2, 0.25) is 0 Å². The van der Waals surface area contributed by atoms with E-state index in [1.807, 2.05) is 24.3 Å². The molecule has 3 atom stereocenters. The van der Waals surface area contributed by atoms with Crippen LogP contribution in [0.15, 0.2) is 39.6 Å². The van der Waals surface area contributed by atoms with Crippen molar-refractivity contribution in [2.75, 3.05) is 7.11 Å². The Morgan fingerprint density at radius 2 is 2.29 bits per heavy atom. The lowest BCUT2D eigenvalue weighted by Gasteiger charge is -2.20. The summed E-state index contributed by atoms with van der Waals surface area (Å²) in [5.74, 6) is 0.765. The minimum absolute atomic E-state index is 0.0637. The zero-order chi connectivity index (χ0) is 16.5. The van der Waals surface area contributed by atoms with Gasteiger partial charge in [-0.2, -0.15) is 0 Å². The third-order valence-electron chi connectivity index (χ3n) is 4.57. The second-order valence-electron chi connectivity index (χ2n) is 6.10. The van der Waals surface area contributed by atoms with Crippen molar-refractivity contribution in [1.29, 1.82) is 0 Å². The van der Waals surface area contributed by atoms with Gasteiger partial charge in [0.15, 0.2) is 5.01 Å². The van der Waals surface area contributed by atoms with Gasteiger partial charge >= 0.3 is 0 Å². The summed E-state index contributed by atoms with van der Waals surface area (Å²) in [7, 11) is 1.66. The van der Waals surface area contributed by atoms with Crippen LogP contribution in [0.5, 0.6) is 5.75 Å². The lowest BCUT2D eigenvalue weighted by Crippen LogP contribution is -2.42. The molecule has 2 fully saturated rings. The molecule has 0 saturated carbocycles. The largest absolute Gasteiger partial charge is 0.496 e. The van der Waals surface area contributed by atoms with Crippen LogP contribution in [-0.2, 0) is 0 Å². The van der Waals surface area contributed by atoms with Crippen LogP contribution in [0.3, 0.4) is 0 Å². The molecule has 2 N–H and O–H groups in total. The molecule has 4 rings (SSSR count). The number of rotatable bonds is 5. The number of thiazole rings is 1. The van der Waals surface area contributed by atoms with Crippen LogP contribution in [-0.4, -0.2) is 36.1 Å². The number of hydrogen-bond acceptors (Lipinski definition) is 6. The number of amides is 1. The molecule has 5 nitrogen and oxygen atoms in total. The SMILES string of the molecule is COc1ccccc1Sc1cnc(C(=O)NC2CC3CCC2N3)s1. The average molecular weight is 361 g/mol. The first-order valence-electron chi connectivity index (χ1n) is 8.06. The molecule has 0 aliphatic carbocycles. The highest BCUT2D eigenvalue weighted by Gasteiger charge is 2.39. The number of carbonyl (C=O) groups is 1. The molecule has 2 saturated heterocycles. The summed E-state index contributed by atoms with van der Waals surface area (Å²) in [6.45, 7) is 0. The molecule has 2 aliphatic rings. The van der Waals surface area contributed by atoms with Crippen LogP contribution in [0, 0.1) is 0 Å². The number of fused-ring (bicyclic) bond motifs is 2. The number of para-hydroxylation sites is 1. The number of benzene rings is 1. The van der Waals surface area contributed by atoms with Crippen molar-refractivity contribution in [2.45, 2.75) is 46.5 Å². The summed E-state index contributed by atoms with van der Waals surface area (Å²) in [6, 6.07) is 9.10. The molecule has 3 heterocycles. The van der Waals surface area contributed by atoms with Crippen LogP contribution in [0.4, 0.5) is 0 Å². The second kappa shape index (κ2) is 6.74. The highest BCUT2D eigenvalue weighted by molar-refractivity contribution is 8.01. The quantitative estimate of drug-likeness (QED) is 0.857. The number of hydrogen-bond donors (Lipinski definition) is 2. The molecule has 1 aromatic heterocycles. The number of nitrogens with one attached hydrogen (secondary N) is 2. The molecule has 7 heteroatoms. The van der Waals surface area contributed by atoms with Crippen LogP contribution in [0.2, 0.25) is 0 Å². The van der Waals surface area contributed by atoms with Crippen molar-refractivity contribution in [3.63, 3.8) is 0 Å². The third-order valence-corrected chi connectivity index (χ3v) is 6.73. The highest BCUT2D eigenvalue weighted by atomic mass is 32.2. The molecule has 0 spiro atoms. The first kappa shape index (κ1) is 15.9. The van der Waals surface area contributed by atoms with Gasteiger partial charge in [0.1, 0.15) is 5.75 Å². The number of aromatic nitrogens is 1. The molecule has 3 unspecified atom stereocenters. The third kappa shape index (κ3) is 3.16. The first-order chi connectivity index (χ1) is 11.7. The Morgan fingerprint density at radius 3 is 3.04 bits per heavy atom. The van der Waals surface area contributed by atoms with Crippen LogP contribution in [0.25, 0.3) is 0 Å². The van der Waals surface area contributed by atoms with Gasteiger partial charge in [-0.05, 0) is 31.4 Å². The maximum absolute atomic E-state index is 12.4. The number of nitrogens with zero attached hydrogens (tertiary/aromatic N) is 1. The highest BCUT2D eigenvalue weighted by Crippen LogP contribution is 2.37. The summed E-state index contributed by atoms with van der Waals surface area (Å²) >= 11 is 2.99. The van der Waals surface area contributed by atoms with E-state index in [4.69, 9.17) is 4.74 Å². The Labute approximate surface area is 149 Å². The Morgan fingerprint density at radius 1 is 1.42 bits per heavy atom. The van der Waals surface area contributed by atoms with Gasteiger partial charge in [-0.15, -0.1) is 11.3 Å². The molecular formula is C17H19N3O2S2. The molecule has 2 aromatic rings. The fourth-order valence-electron chi connectivity index (χ4n) is 3.44. The van der Waals surface area contributed by atoms with E-state index in [-0.39, 0.29) is 11.9 Å². The predicted octanol–water partition coefficient (Wildman–Crippen LogP) is 2.93. The molecule has 24 heavy (non-hydrogen) atoms. The van der Waals surface area contributed by atoms with Gasteiger partial charge in [0.25, 0.3) is 5.91 Å². The molecule has 2 bridgehead atoms. The van der Waals surface area contributed by atoms with Gasteiger partial charge in [-0.25, -0.2) is 4.98 Å². The van der Waals surface area contributed by atoms with Gasteiger partial charge in [-0.1, -0.05) is 23.9 Å². The van der Waals surface area contributed by atoms with E-state index in [1.54, 1.807) is 25.1 Å². The van der Waals surface area contributed by atoms with Crippen molar-refractivity contribution in [2.24, 2.45) is 0 Å². The topological polar surface area (TPSA) is 63.2 Å².